The van der Waals surface area contributed by atoms with Gasteiger partial charge in [-0.3, -0.25) is 0 Å². The molecule has 114 valence electrons. The zero-order valence-corrected chi connectivity index (χ0v) is 10.6. The summed E-state index contributed by atoms with van der Waals surface area (Å²) in [5.74, 6) is -5.79. The summed E-state index contributed by atoms with van der Waals surface area (Å²) in [5.41, 5.74) is -0.801. The molecule has 0 amide bonds. The molecule has 2 rings (SSSR count). The van der Waals surface area contributed by atoms with E-state index in [0.717, 1.165) is 24.3 Å². The molecule has 2 aromatic rings. The van der Waals surface area contributed by atoms with Crippen LogP contribution in [-0.4, -0.2) is 14.2 Å². The van der Waals surface area contributed by atoms with E-state index in [1.165, 1.54) is 14.2 Å². The van der Waals surface area contributed by atoms with Crippen LogP contribution in [0.1, 0.15) is 7.43 Å². The summed E-state index contributed by atoms with van der Waals surface area (Å²) in [4.78, 5) is 0. The highest BCUT2D eigenvalue weighted by Gasteiger charge is 2.21. The molecule has 0 atom stereocenters. The third-order valence-corrected chi connectivity index (χ3v) is 2.82. The molecule has 0 N–H and O–H groups in total. The van der Waals surface area contributed by atoms with Gasteiger partial charge in [-0.15, -0.1) is 0 Å². The maximum atomic E-state index is 13.9. The van der Waals surface area contributed by atoms with Crippen molar-refractivity contribution >= 4 is 0 Å². The Morgan fingerprint density at radius 1 is 0.619 bits per heavy atom. The van der Waals surface area contributed by atoms with Crippen LogP contribution in [0.5, 0.6) is 11.5 Å². The molecule has 21 heavy (non-hydrogen) atoms. The summed E-state index contributed by atoms with van der Waals surface area (Å²) in [6.45, 7) is 0. The van der Waals surface area contributed by atoms with Gasteiger partial charge in [0, 0.05) is 11.1 Å². The molecular formula is C15H14F4O2. The lowest BCUT2D eigenvalue weighted by Gasteiger charge is -2.10. The first-order chi connectivity index (χ1) is 9.51. The van der Waals surface area contributed by atoms with E-state index < -0.39 is 34.4 Å². The predicted octanol–water partition coefficient (Wildman–Crippen LogP) is 4.56. The molecule has 0 aliphatic carbocycles. The van der Waals surface area contributed by atoms with Crippen LogP contribution < -0.4 is 9.47 Å². The Hall–Kier alpha value is -2.24. The lowest BCUT2D eigenvalue weighted by molar-refractivity contribution is 0.370. The molecule has 6 heteroatoms. The van der Waals surface area contributed by atoms with E-state index >= 15 is 0 Å². The van der Waals surface area contributed by atoms with Crippen molar-refractivity contribution in [3.63, 3.8) is 0 Å². The molecule has 2 aromatic carbocycles. The normalized spacial score (nSPS) is 10.0. The van der Waals surface area contributed by atoms with Crippen molar-refractivity contribution < 1.29 is 27.0 Å². The van der Waals surface area contributed by atoms with Crippen molar-refractivity contribution in [1.29, 1.82) is 0 Å². The number of benzene rings is 2. The monoisotopic (exact) mass is 302 g/mol. The van der Waals surface area contributed by atoms with E-state index in [4.69, 9.17) is 0 Å². The molecule has 0 saturated carbocycles. The van der Waals surface area contributed by atoms with Gasteiger partial charge in [0.25, 0.3) is 0 Å². The van der Waals surface area contributed by atoms with Gasteiger partial charge >= 0.3 is 0 Å². The van der Waals surface area contributed by atoms with Gasteiger partial charge in [-0.1, -0.05) is 7.43 Å². The largest absolute Gasteiger partial charge is 0.494 e. The van der Waals surface area contributed by atoms with Crippen LogP contribution >= 0.6 is 0 Å². The van der Waals surface area contributed by atoms with Crippen molar-refractivity contribution in [2.24, 2.45) is 0 Å². The smallest absolute Gasteiger partial charge is 0.201 e. The first-order valence-corrected chi connectivity index (χ1v) is 5.55. The fourth-order valence-corrected chi connectivity index (χ4v) is 1.79. The van der Waals surface area contributed by atoms with Crippen LogP contribution in [0.3, 0.4) is 0 Å². The van der Waals surface area contributed by atoms with E-state index in [-0.39, 0.29) is 18.9 Å². The molecule has 0 fully saturated rings. The van der Waals surface area contributed by atoms with Gasteiger partial charge in [0.15, 0.2) is 23.1 Å². The summed E-state index contributed by atoms with van der Waals surface area (Å²) in [6, 6.07) is 4.49. The molecule has 0 radical (unpaired) electrons. The predicted molar refractivity (Wildman–Crippen MR) is 71.5 cm³/mol. The van der Waals surface area contributed by atoms with Crippen LogP contribution in [0.2, 0.25) is 0 Å². The van der Waals surface area contributed by atoms with Gasteiger partial charge in [-0.05, 0) is 24.3 Å². The van der Waals surface area contributed by atoms with Crippen LogP contribution in [-0.2, 0) is 0 Å². The molecule has 0 aliphatic rings. The molecule has 0 heterocycles. The van der Waals surface area contributed by atoms with Gasteiger partial charge in [0.1, 0.15) is 0 Å². The number of methoxy groups -OCH3 is 2. The highest BCUT2D eigenvalue weighted by atomic mass is 19.2. The summed E-state index contributed by atoms with van der Waals surface area (Å²) >= 11 is 0. The minimum atomic E-state index is -1.31. The summed E-state index contributed by atoms with van der Waals surface area (Å²) in [7, 11) is 2.34. The van der Waals surface area contributed by atoms with Gasteiger partial charge in [0.05, 0.1) is 14.2 Å². The minimum Gasteiger partial charge on any atom is -0.494 e. The van der Waals surface area contributed by atoms with Crippen molar-refractivity contribution in [1.82, 2.24) is 0 Å². The van der Waals surface area contributed by atoms with Crippen molar-refractivity contribution in [3.8, 4) is 22.6 Å². The maximum Gasteiger partial charge on any atom is 0.201 e. The van der Waals surface area contributed by atoms with Crippen LogP contribution in [0.25, 0.3) is 11.1 Å². The topological polar surface area (TPSA) is 18.5 Å². The Bertz CT molecular complexity index is 599. The highest BCUT2D eigenvalue weighted by Crippen LogP contribution is 2.34. The Kier molecular flexibility index (Phi) is 5.18. The summed E-state index contributed by atoms with van der Waals surface area (Å²) in [5, 5.41) is 0. The van der Waals surface area contributed by atoms with Crippen LogP contribution in [0, 0.1) is 23.3 Å². The van der Waals surface area contributed by atoms with Gasteiger partial charge in [-0.2, -0.15) is 8.78 Å². The average molecular weight is 302 g/mol. The third kappa shape index (κ3) is 2.79. The van der Waals surface area contributed by atoms with Crippen molar-refractivity contribution in [2.75, 3.05) is 14.2 Å². The first kappa shape index (κ1) is 16.8. The Morgan fingerprint density at radius 2 is 0.952 bits per heavy atom. The van der Waals surface area contributed by atoms with Crippen molar-refractivity contribution in [2.45, 2.75) is 7.43 Å². The Balaban J connectivity index is 0.00000220. The maximum absolute atomic E-state index is 13.9. The Labute approximate surface area is 119 Å². The molecule has 0 saturated heterocycles. The summed E-state index contributed by atoms with van der Waals surface area (Å²) in [6.07, 6.45) is 0. The fourth-order valence-electron chi connectivity index (χ4n) is 1.79. The fraction of sp³-hybridized carbons (Fsp3) is 0.200. The van der Waals surface area contributed by atoms with E-state index in [0.29, 0.717) is 0 Å². The summed E-state index contributed by atoms with van der Waals surface area (Å²) < 4.78 is 64.1. The van der Waals surface area contributed by atoms with Crippen molar-refractivity contribution in [3.05, 3.63) is 47.5 Å². The second kappa shape index (κ2) is 6.47. The molecular weight excluding hydrogens is 288 g/mol. The second-order valence-corrected chi connectivity index (χ2v) is 3.89. The lowest BCUT2D eigenvalue weighted by Crippen LogP contribution is -1.99. The zero-order chi connectivity index (χ0) is 14.9. The van der Waals surface area contributed by atoms with Crippen LogP contribution in [0.4, 0.5) is 17.6 Å². The number of hydrogen-bond donors (Lipinski definition) is 0. The van der Waals surface area contributed by atoms with E-state index in [1.54, 1.807) is 0 Å². The first-order valence-electron chi connectivity index (χ1n) is 5.55. The minimum absolute atomic E-state index is 0. The van der Waals surface area contributed by atoms with Crippen LogP contribution in [0.15, 0.2) is 24.3 Å². The third-order valence-electron chi connectivity index (χ3n) is 2.82. The number of hydrogen-bond acceptors (Lipinski definition) is 2. The SMILES string of the molecule is C.COc1ccc(-c2ccc(OC)c(F)c2F)c(F)c1F. The lowest BCUT2D eigenvalue weighted by atomic mass is 10.0. The van der Waals surface area contributed by atoms with Gasteiger partial charge in [0.2, 0.25) is 11.6 Å². The second-order valence-electron chi connectivity index (χ2n) is 3.89. The van der Waals surface area contributed by atoms with E-state index in [9.17, 15) is 17.6 Å². The number of ether oxygens (including phenoxy) is 2. The van der Waals surface area contributed by atoms with E-state index in [2.05, 4.69) is 9.47 Å². The molecule has 0 aromatic heterocycles. The number of rotatable bonds is 3. The van der Waals surface area contributed by atoms with E-state index in [1.807, 2.05) is 0 Å². The quantitative estimate of drug-likeness (QED) is 0.774. The molecule has 0 aliphatic heterocycles. The molecule has 0 spiro atoms. The average Bonchev–Trinajstić information content (AvgIpc) is 2.45. The molecule has 0 bridgehead atoms. The Morgan fingerprint density at radius 3 is 1.24 bits per heavy atom. The highest BCUT2D eigenvalue weighted by molar-refractivity contribution is 5.67. The van der Waals surface area contributed by atoms with Gasteiger partial charge in [-0.25, -0.2) is 8.78 Å². The number of halogens is 4. The zero-order valence-electron chi connectivity index (χ0n) is 10.6. The molecule has 2 nitrogen and oxygen atoms in total. The molecule has 0 unspecified atom stereocenters. The van der Waals surface area contributed by atoms with Gasteiger partial charge < -0.3 is 9.47 Å². The standard InChI is InChI=1S/C14H10F4O2.CH4/c1-19-9-5-3-7(11(15)13(9)17)8-4-6-10(20-2)14(18)12(8)16;/h3-6H,1-2H3;1H4.